The molecule has 5 heteroatoms. The van der Waals surface area contributed by atoms with E-state index in [9.17, 15) is 4.79 Å². The van der Waals surface area contributed by atoms with Crippen LogP contribution in [0.1, 0.15) is 5.01 Å². The van der Waals surface area contributed by atoms with Crippen molar-refractivity contribution in [1.82, 2.24) is 9.88 Å². The Kier molecular flexibility index (Phi) is 4.14. The van der Waals surface area contributed by atoms with E-state index in [1.807, 2.05) is 29.6 Å². The van der Waals surface area contributed by atoms with Crippen LogP contribution in [0.4, 0.5) is 0 Å². The summed E-state index contributed by atoms with van der Waals surface area (Å²) >= 11 is 4.96. The highest BCUT2D eigenvalue weighted by Crippen LogP contribution is 2.24. The monoisotopic (exact) mass is 324 g/mol. The van der Waals surface area contributed by atoms with E-state index >= 15 is 0 Å². The molecule has 1 aromatic carbocycles. The summed E-state index contributed by atoms with van der Waals surface area (Å²) in [7, 11) is 3.51. The van der Waals surface area contributed by atoms with E-state index < -0.39 is 0 Å². The van der Waals surface area contributed by atoms with Gasteiger partial charge in [-0.3, -0.25) is 4.79 Å². The predicted octanol–water partition coefficient (Wildman–Crippen LogP) is 3.20. The van der Waals surface area contributed by atoms with Gasteiger partial charge in [-0.05, 0) is 12.1 Å². The number of amides is 1. The molecule has 0 aliphatic rings. The summed E-state index contributed by atoms with van der Waals surface area (Å²) in [6.07, 6.45) is 0.367. The fourth-order valence-corrected chi connectivity index (χ4v) is 2.65. The Labute approximate surface area is 119 Å². The molecule has 1 heterocycles. The third-order valence-electron chi connectivity index (χ3n) is 2.47. The Morgan fingerprint density at radius 2 is 2.22 bits per heavy atom. The SMILES string of the molecule is CN(C)C(=O)Cc1nc(-c2cccc(Br)c2)cs1. The maximum Gasteiger partial charge on any atom is 0.228 e. The molecule has 0 bridgehead atoms. The van der Waals surface area contributed by atoms with Gasteiger partial charge in [-0.2, -0.15) is 0 Å². The first-order valence-electron chi connectivity index (χ1n) is 5.47. The van der Waals surface area contributed by atoms with E-state index in [0.29, 0.717) is 6.42 Å². The van der Waals surface area contributed by atoms with Crippen molar-refractivity contribution in [2.75, 3.05) is 14.1 Å². The average molecular weight is 325 g/mol. The van der Waals surface area contributed by atoms with Gasteiger partial charge in [0.25, 0.3) is 0 Å². The molecule has 1 aromatic heterocycles. The summed E-state index contributed by atoms with van der Waals surface area (Å²) in [5, 5.41) is 2.84. The van der Waals surface area contributed by atoms with Crippen LogP contribution in [0.25, 0.3) is 11.3 Å². The minimum Gasteiger partial charge on any atom is -0.348 e. The topological polar surface area (TPSA) is 33.2 Å². The van der Waals surface area contributed by atoms with Crippen molar-refractivity contribution in [1.29, 1.82) is 0 Å². The molecule has 18 heavy (non-hydrogen) atoms. The molecule has 0 spiro atoms. The predicted molar refractivity (Wildman–Crippen MR) is 77.6 cm³/mol. The van der Waals surface area contributed by atoms with E-state index in [4.69, 9.17) is 0 Å². The van der Waals surface area contributed by atoms with Gasteiger partial charge < -0.3 is 4.90 Å². The Morgan fingerprint density at radius 3 is 2.89 bits per heavy atom. The first-order valence-corrected chi connectivity index (χ1v) is 7.14. The molecule has 1 amide bonds. The van der Waals surface area contributed by atoms with Gasteiger partial charge in [0, 0.05) is 29.5 Å². The van der Waals surface area contributed by atoms with Gasteiger partial charge in [0.2, 0.25) is 5.91 Å². The number of hydrogen-bond donors (Lipinski definition) is 0. The fraction of sp³-hybridized carbons (Fsp3) is 0.231. The van der Waals surface area contributed by atoms with Gasteiger partial charge in [-0.15, -0.1) is 11.3 Å². The quantitative estimate of drug-likeness (QED) is 0.868. The van der Waals surface area contributed by atoms with Crippen LogP contribution in [0.2, 0.25) is 0 Å². The highest BCUT2D eigenvalue weighted by Gasteiger charge is 2.10. The van der Waals surface area contributed by atoms with Gasteiger partial charge in [0.05, 0.1) is 12.1 Å². The first-order chi connectivity index (χ1) is 8.56. The molecule has 2 aromatic rings. The summed E-state index contributed by atoms with van der Waals surface area (Å²) in [5.41, 5.74) is 1.98. The van der Waals surface area contributed by atoms with Crippen LogP contribution < -0.4 is 0 Å². The lowest BCUT2D eigenvalue weighted by Crippen LogP contribution is -2.23. The van der Waals surface area contributed by atoms with Crippen LogP contribution in [-0.2, 0) is 11.2 Å². The normalized spacial score (nSPS) is 10.4. The van der Waals surface area contributed by atoms with Crippen LogP contribution in [0.3, 0.4) is 0 Å². The van der Waals surface area contributed by atoms with Crippen molar-refractivity contribution < 1.29 is 4.79 Å². The van der Waals surface area contributed by atoms with E-state index in [1.165, 1.54) is 11.3 Å². The smallest absolute Gasteiger partial charge is 0.228 e. The Bertz CT molecular complexity index is 566. The van der Waals surface area contributed by atoms with Crippen molar-refractivity contribution in [2.45, 2.75) is 6.42 Å². The Hall–Kier alpha value is -1.20. The molecule has 0 radical (unpaired) electrons. The van der Waals surface area contributed by atoms with Gasteiger partial charge in [-0.25, -0.2) is 4.98 Å². The second-order valence-corrected chi connectivity index (χ2v) is 5.96. The fourth-order valence-electron chi connectivity index (χ4n) is 1.46. The van der Waals surface area contributed by atoms with E-state index in [2.05, 4.69) is 20.9 Å². The minimum atomic E-state index is 0.0742. The standard InChI is InChI=1S/C13H13BrN2OS/c1-16(2)13(17)7-12-15-11(8-18-12)9-4-3-5-10(14)6-9/h3-6,8H,7H2,1-2H3. The number of benzene rings is 1. The summed E-state index contributed by atoms with van der Waals surface area (Å²) in [6.45, 7) is 0. The number of aromatic nitrogens is 1. The number of thiazole rings is 1. The first kappa shape index (κ1) is 13.2. The molecule has 0 fully saturated rings. The number of likely N-dealkylation sites (N-methyl/N-ethyl adjacent to an activating group) is 1. The molecular weight excluding hydrogens is 312 g/mol. The third kappa shape index (κ3) is 3.17. The lowest BCUT2D eigenvalue weighted by atomic mass is 10.2. The zero-order valence-corrected chi connectivity index (χ0v) is 12.6. The molecule has 0 unspecified atom stereocenters. The van der Waals surface area contributed by atoms with E-state index in [0.717, 1.165) is 20.7 Å². The van der Waals surface area contributed by atoms with Crippen molar-refractivity contribution in [3.8, 4) is 11.3 Å². The molecule has 0 aliphatic carbocycles. The lowest BCUT2D eigenvalue weighted by molar-refractivity contribution is -0.127. The number of carbonyl (C=O) groups is 1. The van der Waals surface area contributed by atoms with Crippen LogP contribution in [0, 0.1) is 0 Å². The number of carbonyl (C=O) groups excluding carboxylic acids is 1. The average Bonchev–Trinajstić information content (AvgIpc) is 2.77. The Balaban J connectivity index is 2.18. The number of rotatable bonds is 3. The molecule has 0 N–H and O–H groups in total. The van der Waals surface area contributed by atoms with Crippen LogP contribution in [0.15, 0.2) is 34.1 Å². The molecule has 0 saturated heterocycles. The van der Waals surface area contributed by atoms with Crippen molar-refractivity contribution >= 4 is 33.2 Å². The second-order valence-electron chi connectivity index (χ2n) is 4.10. The summed E-state index contributed by atoms with van der Waals surface area (Å²) in [4.78, 5) is 17.7. The van der Waals surface area contributed by atoms with E-state index in [1.54, 1.807) is 19.0 Å². The summed E-state index contributed by atoms with van der Waals surface area (Å²) < 4.78 is 1.03. The molecule has 94 valence electrons. The molecule has 3 nitrogen and oxygen atoms in total. The molecule has 0 saturated carbocycles. The maximum absolute atomic E-state index is 11.6. The van der Waals surface area contributed by atoms with Crippen LogP contribution in [-0.4, -0.2) is 29.9 Å². The molecule has 0 atom stereocenters. The van der Waals surface area contributed by atoms with Gasteiger partial charge in [0.1, 0.15) is 5.01 Å². The largest absolute Gasteiger partial charge is 0.348 e. The van der Waals surface area contributed by atoms with Crippen molar-refractivity contribution in [2.24, 2.45) is 0 Å². The zero-order chi connectivity index (χ0) is 13.1. The van der Waals surface area contributed by atoms with Gasteiger partial charge in [0.15, 0.2) is 0 Å². The van der Waals surface area contributed by atoms with Gasteiger partial charge >= 0.3 is 0 Å². The van der Waals surface area contributed by atoms with Crippen LogP contribution in [0.5, 0.6) is 0 Å². The summed E-state index contributed by atoms with van der Waals surface area (Å²) in [6, 6.07) is 7.99. The zero-order valence-electron chi connectivity index (χ0n) is 10.2. The third-order valence-corrected chi connectivity index (χ3v) is 3.82. The van der Waals surface area contributed by atoms with Crippen molar-refractivity contribution in [3.63, 3.8) is 0 Å². The molecule has 2 rings (SSSR count). The highest BCUT2D eigenvalue weighted by molar-refractivity contribution is 9.10. The Morgan fingerprint density at radius 1 is 1.44 bits per heavy atom. The lowest BCUT2D eigenvalue weighted by Gasteiger charge is -2.07. The molecule has 0 aliphatic heterocycles. The summed E-state index contributed by atoms with van der Waals surface area (Å²) in [5.74, 6) is 0.0742. The maximum atomic E-state index is 11.6. The molecular formula is C13H13BrN2OS. The van der Waals surface area contributed by atoms with Crippen LogP contribution >= 0.6 is 27.3 Å². The minimum absolute atomic E-state index is 0.0742. The number of hydrogen-bond acceptors (Lipinski definition) is 3. The second kappa shape index (κ2) is 5.63. The van der Waals surface area contributed by atoms with Gasteiger partial charge in [-0.1, -0.05) is 28.1 Å². The van der Waals surface area contributed by atoms with Crippen molar-refractivity contribution in [3.05, 3.63) is 39.1 Å². The highest BCUT2D eigenvalue weighted by atomic mass is 79.9. The number of halogens is 1. The number of nitrogens with zero attached hydrogens (tertiary/aromatic N) is 2. The van der Waals surface area contributed by atoms with E-state index in [-0.39, 0.29) is 5.91 Å².